The molecule has 0 saturated carbocycles. The number of hydrogen-bond acceptors (Lipinski definition) is 4. The Morgan fingerprint density at radius 1 is 1.08 bits per heavy atom. The zero-order valence-corrected chi connectivity index (χ0v) is 16.2. The Kier molecular flexibility index (Phi) is 4.97. The Balaban J connectivity index is 1.46. The van der Waals surface area contributed by atoms with E-state index < -0.39 is 5.54 Å². The third kappa shape index (κ3) is 3.03. The molecule has 3 saturated heterocycles. The van der Waals surface area contributed by atoms with E-state index in [0.717, 1.165) is 31.5 Å². The molecule has 1 aromatic carbocycles. The number of nitrogens with zero attached hydrogens (tertiary/aromatic N) is 3. The minimum atomic E-state index is -0.633. The zero-order valence-electron chi connectivity index (χ0n) is 15.4. The first-order valence-corrected chi connectivity index (χ1v) is 10.7. The number of thioether (sulfide) groups is 1. The van der Waals surface area contributed by atoms with Crippen LogP contribution in [0.3, 0.4) is 0 Å². The van der Waals surface area contributed by atoms with E-state index in [9.17, 15) is 9.59 Å². The minimum Gasteiger partial charge on any atom is -0.312 e. The van der Waals surface area contributed by atoms with Gasteiger partial charge < -0.3 is 9.80 Å². The van der Waals surface area contributed by atoms with Gasteiger partial charge in [0.05, 0.1) is 6.54 Å². The average molecular weight is 374 g/mol. The monoisotopic (exact) mass is 373 g/mol. The Labute approximate surface area is 159 Å². The van der Waals surface area contributed by atoms with Crippen molar-refractivity contribution >= 4 is 23.7 Å². The largest absolute Gasteiger partial charge is 0.327 e. The smallest absolute Gasteiger partial charge is 0.312 e. The summed E-state index contributed by atoms with van der Waals surface area (Å²) in [6, 6.07) is 10.3. The van der Waals surface area contributed by atoms with Crippen LogP contribution in [0.1, 0.15) is 31.2 Å². The first-order valence-electron chi connectivity index (χ1n) is 9.57. The van der Waals surface area contributed by atoms with Crippen molar-refractivity contribution < 1.29 is 9.59 Å². The van der Waals surface area contributed by atoms with E-state index >= 15 is 0 Å². The first kappa shape index (κ1) is 17.9. The number of likely N-dealkylation sites (tertiary alicyclic amines) is 1. The number of imide groups is 1. The van der Waals surface area contributed by atoms with Crippen molar-refractivity contribution in [2.45, 2.75) is 43.8 Å². The fourth-order valence-electron chi connectivity index (χ4n) is 4.61. The Bertz CT molecular complexity index is 667. The SMILES string of the molecule is CN1C(=O)N(Cc2ccccc2)C(=O)C12CCN(C1CCSCC1)CC2. The van der Waals surface area contributed by atoms with Crippen LogP contribution in [0, 0.1) is 0 Å². The third-order valence-corrected chi connectivity index (χ3v) is 7.37. The van der Waals surface area contributed by atoms with E-state index in [2.05, 4.69) is 4.90 Å². The highest BCUT2D eigenvalue weighted by atomic mass is 32.2. The highest BCUT2D eigenvalue weighted by molar-refractivity contribution is 7.99. The molecule has 5 nitrogen and oxygen atoms in total. The predicted molar refractivity (Wildman–Crippen MR) is 104 cm³/mol. The molecule has 3 aliphatic rings. The van der Waals surface area contributed by atoms with Crippen molar-refractivity contribution in [2.24, 2.45) is 0 Å². The quantitative estimate of drug-likeness (QED) is 0.764. The summed E-state index contributed by atoms with van der Waals surface area (Å²) in [5.74, 6) is 2.48. The van der Waals surface area contributed by atoms with Crippen molar-refractivity contribution in [3.05, 3.63) is 35.9 Å². The van der Waals surface area contributed by atoms with Gasteiger partial charge in [0.25, 0.3) is 5.91 Å². The molecule has 3 aliphatic heterocycles. The van der Waals surface area contributed by atoms with Gasteiger partial charge >= 0.3 is 6.03 Å². The van der Waals surface area contributed by atoms with Crippen LogP contribution in [-0.2, 0) is 11.3 Å². The number of urea groups is 1. The van der Waals surface area contributed by atoms with Crippen LogP contribution < -0.4 is 0 Å². The van der Waals surface area contributed by atoms with Gasteiger partial charge in [-0.25, -0.2) is 4.79 Å². The van der Waals surface area contributed by atoms with Crippen molar-refractivity contribution in [2.75, 3.05) is 31.6 Å². The second-order valence-corrected chi connectivity index (χ2v) is 8.85. The fraction of sp³-hybridized carbons (Fsp3) is 0.600. The fourth-order valence-corrected chi connectivity index (χ4v) is 5.69. The van der Waals surface area contributed by atoms with Crippen LogP contribution in [0.2, 0.25) is 0 Å². The van der Waals surface area contributed by atoms with Crippen molar-refractivity contribution in [1.29, 1.82) is 0 Å². The Morgan fingerprint density at radius 3 is 2.38 bits per heavy atom. The number of carbonyl (C=O) groups is 2. The second-order valence-electron chi connectivity index (χ2n) is 7.63. The lowest BCUT2D eigenvalue weighted by molar-refractivity contribution is -0.136. The molecule has 0 N–H and O–H groups in total. The number of carbonyl (C=O) groups excluding carboxylic acids is 2. The molecular formula is C20H27N3O2S. The predicted octanol–water partition coefficient (Wildman–Crippen LogP) is 2.81. The van der Waals surface area contributed by atoms with Crippen LogP contribution in [0.25, 0.3) is 0 Å². The molecular weight excluding hydrogens is 346 g/mol. The van der Waals surface area contributed by atoms with E-state index in [1.54, 1.807) is 11.9 Å². The van der Waals surface area contributed by atoms with Crippen LogP contribution in [0.5, 0.6) is 0 Å². The van der Waals surface area contributed by atoms with Crippen LogP contribution in [0.4, 0.5) is 4.79 Å². The molecule has 4 rings (SSSR count). The molecule has 140 valence electrons. The molecule has 1 aromatic rings. The molecule has 3 fully saturated rings. The van der Waals surface area contributed by atoms with Gasteiger partial charge in [0.2, 0.25) is 0 Å². The maximum absolute atomic E-state index is 13.2. The van der Waals surface area contributed by atoms with Crippen molar-refractivity contribution in [3.63, 3.8) is 0 Å². The van der Waals surface area contributed by atoms with Gasteiger partial charge in [-0.2, -0.15) is 11.8 Å². The molecule has 3 heterocycles. The summed E-state index contributed by atoms with van der Waals surface area (Å²) in [4.78, 5) is 31.7. The maximum Gasteiger partial charge on any atom is 0.327 e. The molecule has 3 amide bonds. The maximum atomic E-state index is 13.2. The lowest BCUT2D eigenvalue weighted by Crippen LogP contribution is -2.57. The van der Waals surface area contributed by atoms with Gasteiger partial charge in [0.15, 0.2) is 0 Å². The summed E-state index contributed by atoms with van der Waals surface area (Å²) >= 11 is 2.04. The van der Waals surface area contributed by atoms with E-state index in [-0.39, 0.29) is 11.9 Å². The van der Waals surface area contributed by atoms with Gasteiger partial charge in [-0.3, -0.25) is 9.69 Å². The van der Waals surface area contributed by atoms with Crippen LogP contribution in [0.15, 0.2) is 30.3 Å². The second kappa shape index (κ2) is 7.24. The highest BCUT2D eigenvalue weighted by Gasteiger charge is 2.56. The standard InChI is InChI=1S/C20H27N3O2S/c1-21-19(25)23(15-16-5-3-2-4-6-16)18(24)20(21)9-11-22(12-10-20)17-7-13-26-14-8-17/h2-6,17H,7-15H2,1H3. The van der Waals surface area contributed by atoms with Crippen LogP contribution in [-0.4, -0.2) is 69.9 Å². The van der Waals surface area contributed by atoms with E-state index in [1.165, 1.54) is 29.2 Å². The number of hydrogen-bond donors (Lipinski definition) is 0. The summed E-state index contributed by atoms with van der Waals surface area (Å²) in [6.45, 7) is 2.20. The number of rotatable bonds is 3. The zero-order chi connectivity index (χ0) is 18.1. The van der Waals surface area contributed by atoms with Gasteiger partial charge in [-0.15, -0.1) is 0 Å². The first-order chi connectivity index (χ1) is 12.6. The Hall–Kier alpha value is -1.53. The molecule has 0 bridgehead atoms. The van der Waals surface area contributed by atoms with Crippen LogP contribution >= 0.6 is 11.8 Å². The number of piperidine rings is 1. The summed E-state index contributed by atoms with van der Waals surface area (Å²) in [7, 11) is 1.80. The number of benzene rings is 1. The Morgan fingerprint density at radius 2 is 1.73 bits per heavy atom. The highest BCUT2D eigenvalue weighted by Crippen LogP contribution is 2.38. The topological polar surface area (TPSA) is 43.9 Å². The molecule has 26 heavy (non-hydrogen) atoms. The lowest BCUT2D eigenvalue weighted by atomic mass is 9.85. The molecule has 0 unspecified atom stereocenters. The molecule has 6 heteroatoms. The summed E-state index contributed by atoms with van der Waals surface area (Å²) < 4.78 is 0. The van der Waals surface area contributed by atoms with Crippen molar-refractivity contribution in [1.82, 2.24) is 14.7 Å². The summed E-state index contributed by atoms with van der Waals surface area (Å²) in [5, 5.41) is 0. The van der Waals surface area contributed by atoms with E-state index in [0.29, 0.717) is 12.6 Å². The number of amides is 3. The minimum absolute atomic E-state index is 0.00676. The molecule has 1 spiro atoms. The van der Waals surface area contributed by atoms with Gasteiger partial charge in [0, 0.05) is 26.2 Å². The summed E-state index contributed by atoms with van der Waals surface area (Å²) in [5.41, 5.74) is 0.364. The molecule has 0 radical (unpaired) electrons. The summed E-state index contributed by atoms with van der Waals surface area (Å²) in [6.07, 6.45) is 4.01. The molecule has 0 aromatic heterocycles. The van der Waals surface area contributed by atoms with Gasteiger partial charge in [-0.1, -0.05) is 30.3 Å². The average Bonchev–Trinajstić information content (AvgIpc) is 2.86. The number of likely N-dealkylation sites (N-methyl/N-ethyl adjacent to an activating group) is 1. The third-order valence-electron chi connectivity index (χ3n) is 6.32. The lowest BCUT2D eigenvalue weighted by Gasteiger charge is -2.44. The van der Waals surface area contributed by atoms with E-state index in [4.69, 9.17) is 0 Å². The van der Waals surface area contributed by atoms with Gasteiger partial charge in [0.1, 0.15) is 5.54 Å². The normalized spacial score (nSPS) is 24.7. The van der Waals surface area contributed by atoms with Gasteiger partial charge in [-0.05, 0) is 42.8 Å². The molecule has 0 aliphatic carbocycles. The molecule has 0 atom stereocenters. The van der Waals surface area contributed by atoms with E-state index in [1.807, 2.05) is 42.1 Å². The van der Waals surface area contributed by atoms with Crippen molar-refractivity contribution in [3.8, 4) is 0 Å².